The topological polar surface area (TPSA) is 66.9 Å². The molecule has 0 unspecified atom stereocenters. The van der Waals surface area contributed by atoms with E-state index in [1.54, 1.807) is 36.7 Å². The van der Waals surface area contributed by atoms with E-state index in [2.05, 4.69) is 20.6 Å². The molecule has 17 heavy (non-hydrogen) atoms. The molecule has 0 radical (unpaired) electrons. The Balaban J connectivity index is 1.96. The molecule has 2 aromatic rings. The zero-order valence-electron chi connectivity index (χ0n) is 9.34. The third-order valence-electron chi connectivity index (χ3n) is 2.06. The summed E-state index contributed by atoms with van der Waals surface area (Å²) in [4.78, 5) is 19.6. The number of aromatic nitrogens is 2. The van der Waals surface area contributed by atoms with Crippen LogP contribution in [0.3, 0.4) is 0 Å². The number of urea groups is 1. The van der Waals surface area contributed by atoms with Crippen LogP contribution in [0.1, 0.15) is 5.56 Å². The van der Waals surface area contributed by atoms with Gasteiger partial charge < -0.3 is 0 Å². The first-order valence-electron chi connectivity index (χ1n) is 5.16. The van der Waals surface area contributed by atoms with Gasteiger partial charge in [0.25, 0.3) is 0 Å². The molecule has 5 nitrogen and oxygen atoms in total. The molecule has 0 aliphatic carbocycles. The summed E-state index contributed by atoms with van der Waals surface area (Å²) in [6.07, 6.45) is 3.30. The number of pyridine rings is 2. The molecule has 2 amide bonds. The van der Waals surface area contributed by atoms with E-state index in [0.717, 1.165) is 5.56 Å². The highest BCUT2D eigenvalue weighted by molar-refractivity contribution is 5.98. The van der Waals surface area contributed by atoms with Gasteiger partial charge in [0, 0.05) is 12.4 Å². The van der Waals surface area contributed by atoms with Crippen molar-refractivity contribution in [3.05, 3.63) is 48.3 Å². The number of hydrogen-bond acceptors (Lipinski definition) is 3. The van der Waals surface area contributed by atoms with Crippen molar-refractivity contribution >= 4 is 17.7 Å². The zero-order valence-corrected chi connectivity index (χ0v) is 9.34. The molecule has 86 valence electrons. The van der Waals surface area contributed by atoms with E-state index in [1.165, 1.54) is 0 Å². The second-order valence-electron chi connectivity index (χ2n) is 3.51. The lowest BCUT2D eigenvalue weighted by Gasteiger charge is -2.05. The highest BCUT2D eigenvalue weighted by atomic mass is 16.2. The molecule has 0 aliphatic rings. The Morgan fingerprint density at radius 1 is 1.06 bits per heavy atom. The minimum Gasteiger partial charge on any atom is -0.292 e. The van der Waals surface area contributed by atoms with Crippen LogP contribution in [0.5, 0.6) is 0 Å². The second kappa shape index (κ2) is 5.07. The molecular formula is C12H12N4O. The number of carbonyl (C=O) groups is 1. The molecule has 0 bridgehead atoms. The van der Waals surface area contributed by atoms with E-state index in [1.807, 2.05) is 13.0 Å². The Bertz CT molecular complexity index is 496. The Morgan fingerprint density at radius 2 is 1.82 bits per heavy atom. The largest absolute Gasteiger partial charge is 0.326 e. The van der Waals surface area contributed by atoms with Gasteiger partial charge in [-0.2, -0.15) is 0 Å². The quantitative estimate of drug-likeness (QED) is 0.829. The van der Waals surface area contributed by atoms with Crippen molar-refractivity contribution in [3.8, 4) is 0 Å². The molecule has 0 atom stereocenters. The van der Waals surface area contributed by atoms with Gasteiger partial charge in [-0.05, 0) is 30.7 Å². The molecule has 0 aliphatic heterocycles. The molecule has 2 heterocycles. The molecule has 0 spiro atoms. The van der Waals surface area contributed by atoms with Crippen LogP contribution in [0, 0.1) is 6.92 Å². The lowest BCUT2D eigenvalue weighted by molar-refractivity contribution is 0.262. The molecule has 0 fully saturated rings. The zero-order chi connectivity index (χ0) is 12.1. The number of anilines is 2. The molecule has 5 heteroatoms. The SMILES string of the molecule is Cc1ccc(NC(=O)Nc2ccccn2)nc1. The van der Waals surface area contributed by atoms with E-state index in [0.29, 0.717) is 11.6 Å². The Kier molecular flexibility index (Phi) is 3.30. The van der Waals surface area contributed by atoms with E-state index < -0.39 is 0 Å². The fourth-order valence-corrected chi connectivity index (χ4v) is 1.24. The summed E-state index contributed by atoms with van der Waals surface area (Å²) in [5.41, 5.74) is 1.04. The predicted octanol–water partition coefficient (Wildman–Crippen LogP) is 2.43. The van der Waals surface area contributed by atoms with Gasteiger partial charge in [-0.3, -0.25) is 10.6 Å². The van der Waals surface area contributed by atoms with Gasteiger partial charge in [-0.25, -0.2) is 14.8 Å². The first-order valence-corrected chi connectivity index (χ1v) is 5.16. The molecule has 0 saturated carbocycles. The Morgan fingerprint density at radius 3 is 2.41 bits per heavy atom. The summed E-state index contributed by atoms with van der Waals surface area (Å²) in [6, 6.07) is 8.55. The van der Waals surface area contributed by atoms with Crippen molar-refractivity contribution in [2.75, 3.05) is 10.6 Å². The van der Waals surface area contributed by atoms with Crippen LogP contribution in [-0.4, -0.2) is 16.0 Å². The first-order chi connectivity index (χ1) is 8.24. The highest BCUT2D eigenvalue weighted by Gasteiger charge is 2.03. The van der Waals surface area contributed by atoms with Crippen LogP contribution in [0.2, 0.25) is 0 Å². The van der Waals surface area contributed by atoms with Crippen LogP contribution in [-0.2, 0) is 0 Å². The lowest BCUT2D eigenvalue weighted by atomic mass is 10.3. The summed E-state index contributed by atoms with van der Waals surface area (Å²) in [5, 5.41) is 5.22. The fourth-order valence-electron chi connectivity index (χ4n) is 1.24. The molecular weight excluding hydrogens is 216 g/mol. The standard InChI is InChI=1S/C12H12N4O/c1-9-5-6-11(14-8-9)16-12(17)15-10-4-2-3-7-13-10/h2-8H,1H3,(H2,13,14,15,16,17). The highest BCUT2D eigenvalue weighted by Crippen LogP contribution is 2.05. The summed E-state index contributed by atoms with van der Waals surface area (Å²) in [5.74, 6) is 1.00. The minimum absolute atomic E-state index is 0.361. The van der Waals surface area contributed by atoms with Gasteiger partial charge in [0.05, 0.1) is 0 Å². The summed E-state index contributed by atoms with van der Waals surface area (Å²) < 4.78 is 0. The maximum absolute atomic E-state index is 11.6. The van der Waals surface area contributed by atoms with Crippen LogP contribution < -0.4 is 10.6 Å². The normalized spacial score (nSPS) is 9.71. The van der Waals surface area contributed by atoms with Crippen LogP contribution in [0.25, 0.3) is 0 Å². The smallest absolute Gasteiger partial charge is 0.292 e. The summed E-state index contributed by atoms with van der Waals surface area (Å²) in [7, 11) is 0. The Labute approximate surface area is 98.9 Å². The van der Waals surface area contributed by atoms with Crippen molar-refractivity contribution < 1.29 is 4.79 Å². The van der Waals surface area contributed by atoms with Crippen LogP contribution in [0.15, 0.2) is 42.7 Å². The van der Waals surface area contributed by atoms with Gasteiger partial charge in [0.2, 0.25) is 0 Å². The van der Waals surface area contributed by atoms with Crippen LogP contribution in [0.4, 0.5) is 16.4 Å². The number of aryl methyl sites for hydroxylation is 1. The van der Waals surface area contributed by atoms with Gasteiger partial charge in [0.1, 0.15) is 11.6 Å². The first kappa shape index (κ1) is 11.1. The monoisotopic (exact) mass is 228 g/mol. The predicted molar refractivity (Wildman–Crippen MR) is 65.9 cm³/mol. The maximum Gasteiger partial charge on any atom is 0.326 e. The summed E-state index contributed by atoms with van der Waals surface area (Å²) >= 11 is 0. The third kappa shape index (κ3) is 3.27. The number of hydrogen-bond donors (Lipinski definition) is 2. The number of carbonyl (C=O) groups excluding carboxylic acids is 1. The maximum atomic E-state index is 11.6. The van der Waals surface area contributed by atoms with E-state index >= 15 is 0 Å². The van der Waals surface area contributed by atoms with Crippen LogP contribution >= 0.6 is 0 Å². The van der Waals surface area contributed by atoms with Gasteiger partial charge in [-0.15, -0.1) is 0 Å². The van der Waals surface area contributed by atoms with Crippen molar-refractivity contribution in [3.63, 3.8) is 0 Å². The van der Waals surface area contributed by atoms with Crippen molar-refractivity contribution in [1.29, 1.82) is 0 Å². The van der Waals surface area contributed by atoms with Gasteiger partial charge in [0.15, 0.2) is 0 Å². The Hall–Kier alpha value is -2.43. The number of nitrogens with one attached hydrogen (secondary N) is 2. The molecule has 0 aromatic carbocycles. The van der Waals surface area contributed by atoms with Gasteiger partial charge >= 0.3 is 6.03 Å². The number of nitrogens with zero attached hydrogens (tertiary/aromatic N) is 2. The fraction of sp³-hybridized carbons (Fsp3) is 0.0833. The minimum atomic E-state index is -0.361. The molecule has 2 rings (SSSR count). The average Bonchev–Trinajstić information content (AvgIpc) is 2.33. The number of amides is 2. The summed E-state index contributed by atoms with van der Waals surface area (Å²) in [6.45, 7) is 1.94. The lowest BCUT2D eigenvalue weighted by Crippen LogP contribution is -2.20. The second-order valence-corrected chi connectivity index (χ2v) is 3.51. The van der Waals surface area contributed by atoms with Crippen molar-refractivity contribution in [2.24, 2.45) is 0 Å². The third-order valence-corrected chi connectivity index (χ3v) is 2.06. The average molecular weight is 228 g/mol. The number of rotatable bonds is 2. The van der Waals surface area contributed by atoms with E-state index in [9.17, 15) is 4.79 Å². The molecule has 0 saturated heterocycles. The van der Waals surface area contributed by atoms with Gasteiger partial charge in [-0.1, -0.05) is 12.1 Å². The van der Waals surface area contributed by atoms with E-state index in [4.69, 9.17) is 0 Å². The molecule has 2 N–H and O–H groups in total. The van der Waals surface area contributed by atoms with Crippen molar-refractivity contribution in [1.82, 2.24) is 9.97 Å². The van der Waals surface area contributed by atoms with Crippen molar-refractivity contribution in [2.45, 2.75) is 6.92 Å². The van der Waals surface area contributed by atoms with E-state index in [-0.39, 0.29) is 6.03 Å². The molecule has 2 aromatic heterocycles.